The third kappa shape index (κ3) is 5.45. The number of piperazine rings is 1. The van der Waals surface area contributed by atoms with Crippen molar-refractivity contribution in [1.82, 2.24) is 20.1 Å². The molecule has 3 aromatic rings. The van der Waals surface area contributed by atoms with Crippen LogP contribution >= 0.6 is 11.3 Å². The van der Waals surface area contributed by atoms with E-state index in [1.54, 1.807) is 29.7 Å². The molecule has 168 valence electrons. The third-order valence-electron chi connectivity index (χ3n) is 5.14. The number of carbonyl (C=O) groups excluding carboxylic acids is 2. The van der Waals surface area contributed by atoms with Gasteiger partial charge in [0.2, 0.25) is 5.91 Å². The van der Waals surface area contributed by atoms with Gasteiger partial charge in [-0.05, 0) is 24.3 Å². The van der Waals surface area contributed by atoms with E-state index in [1.165, 1.54) is 11.3 Å². The molecule has 1 aliphatic heterocycles. The molecule has 0 atom stereocenters. The van der Waals surface area contributed by atoms with Gasteiger partial charge in [0.25, 0.3) is 5.91 Å². The average Bonchev–Trinajstić information content (AvgIpc) is 3.50. The molecule has 0 saturated carbocycles. The number of thiazole rings is 1. The molecule has 0 unspecified atom stereocenters. The molecule has 0 aliphatic carbocycles. The summed E-state index contributed by atoms with van der Waals surface area (Å²) in [4.78, 5) is 33.3. The Kier molecular flexibility index (Phi) is 7.03. The Morgan fingerprint density at radius 2 is 1.97 bits per heavy atom. The van der Waals surface area contributed by atoms with Gasteiger partial charge in [0, 0.05) is 31.6 Å². The summed E-state index contributed by atoms with van der Waals surface area (Å²) in [6.45, 7) is 3.05. The first-order valence-electron chi connectivity index (χ1n) is 10.3. The van der Waals surface area contributed by atoms with Crippen LogP contribution in [0.5, 0.6) is 5.75 Å². The number of para-hydroxylation sites is 2. The van der Waals surface area contributed by atoms with E-state index in [0.29, 0.717) is 55.8 Å². The van der Waals surface area contributed by atoms with E-state index in [2.05, 4.69) is 15.6 Å². The zero-order valence-electron chi connectivity index (χ0n) is 17.7. The van der Waals surface area contributed by atoms with Gasteiger partial charge in [-0.15, -0.1) is 11.3 Å². The molecule has 1 aliphatic rings. The largest absolute Gasteiger partial charge is 0.495 e. The average molecular weight is 456 g/mol. The zero-order chi connectivity index (χ0) is 22.3. The molecule has 0 spiro atoms. The highest BCUT2D eigenvalue weighted by molar-refractivity contribution is 7.14. The molecule has 9 nitrogen and oxygen atoms in total. The minimum atomic E-state index is -0.101. The molecule has 1 aromatic carbocycles. The maximum atomic E-state index is 12.9. The Morgan fingerprint density at radius 3 is 2.72 bits per heavy atom. The van der Waals surface area contributed by atoms with Crippen molar-refractivity contribution in [3.63, 3.8) is 0 Å². The van der Waals surface area contributed by atoms with E-state index >= 15 is 0 Å². The van der Waals surface area contributed by atoms with Crippen LogP contribution in [0, 0.1) is 0 Å². The van der Waals surface area contributed by atoms with Crippen molar-refractivity contribution in [3.05, 3.63) is 59.5 Å². The van der Waals surface area contributed by atoms with Gasteiger partial charge in [0.1, 0.15) is 17.2 Å². The normalized spacial score (nSPS) is 14.2. The molecule has 1 fully saturated rings. The third-order valence-corrected chi connectivity index (χ3v) is 5.90. The minimum absolute atomic E-state index is 0.0623. The van der Waals surface area contributed by atoms with Crippen LogP contribution in [0.3, 0.4) is 0 Å². The lowest BCUT2D eigenvalue weighted by Gasteiger charge is -2.33. The topological polar surface area (TPSA) is 99.9 Å². The number of aromatic nitrogens is 1. The van der Waals surface area contributed by atoms with E-state index in [1.807, 2.05) is 35.2 Å². The Hall–Kier alpha value is -3.37. The SMILES string of the molecule is COc1ccccc1Nc1nc(C(=O)N2CCN(CC(=O)NCc3ccco3)CC2)cs1. The van der Waals surface area contributed by atoms with Crippen molar-refractivity contribution < 1.29 is 18.7 Å². The number of amides is 2. The standard InChI is InChI=1S/C22H25N5O4S/c1-30-19-7-3-2-6-17(19)24-22-25-18(15-32-22)21(29)27-10-8-26(9-11-27)14-20(28)23-13-16-5-4-12-31-16/h2-7,12,15H,8-11,13-14H2,1H3,(H,23,28)(H,24,25). The van der Waals surface area contributed by atoms with Gasteiger partial charge >= 0.3 is 0 Å². The highest BCUT2D eigenvalue weighted by Crippen LogP contribution is 2.28. The van der Waals surface area contributed by atoms with Crippen molar-refractivity contribution in [3.8, 4) is 5.75 Å². The van der Waals surface area contributed by atoms with Gasteiger partial charge in [-0.3, -0.25) is 14.5 Å². The summed E-state index contributed by atoms with van der Waals surface area (Å²) in [6.07, 6.45) is 1.58. The highest BCUT2D eigenvalue weighted by Gasteiger charge is 2.25. The van der Waals surface area contributed by atoms with Crippen molar-refractivity contribution in [2.45, 2.75) is 6.54 Å². The summed E-state index contributed by atoms with van der Waals surface area (Å²) in [7, 11) is 1.61. The van der Waals surface area contributed by atoms with Gasteiger partial charge in [-0.1, -0.05) is 12.1 Å². The predicted molar refractivity (Wildman–Crippen MR) is 121 cm³/mol. The molecule has 10 heteroatoms. The minimum Gasteiger partial charge on any atom is -0.495 e. The van der Waals surface area contributed by atoms with E-state index in [0.717, 1.165) is 11.4 Å². The zero-order valence-corrected chi connectivity index (χ0v) is 18.6. The van der Waals surface area contributed by atoms with Crippen LogP contribution in [-0.4, -0.2) is 66.4 Å². The summed E-state index contributed by atoms with van der Waals surface area (Å²) < 4.78 is 10.6. The lowest BCUT2D eigenvalue weighted by molar-refractivity contribution is -0.122. The number of methoxy groups -OCH3 is 1. The molecular weight excluding hydrogens is 430 g/mol. The Labute approximate surface area is 190 Å². The fourth-order valence-electron chi connectivity index (χ4n) is 3.42. The molecule has 3 heterocycles. The Balaban J connectivity index is 1.25. The van der Waals surface area contributed by atoms with Crippen molar-refractivity contribution >= 4 is 34.0 Å². The number of benzene rings is 1. The van der Waals surface area contributed by atoms with Crippen LogP contribution in [0.15, 0.2) is 52.5 Å². The van der Waals surface area contributed by atoms with E-state index in [9.17, 15) is 9.59 Å². The first-order chi connectivity index (χ1) is 15.6. The fourth-order valence-corrected chi connectivity index (χ4v) is 4.12. The quantitative estimate of drug-likeness (QED) is 0.538. The summed E-state index contributed by atoms with van der Waals surface area (Å²) in [5, 5.41) is 8.44. The molecule has 2 aromatic heterocycles. The monoisotopic (exact) mass is 455 g/mol. The second-order valence-electron chi connectivity index (χ2n) is 7.29. The second kappa shape index (κ2) is 10.3. The van der Waals surface area contributed by atoms with Crippen LogP contribution in [0.4, 0.5) is 10.8 Å². The lowest BCUT2D eigenvalue weighted by Crippen LogP contribution is -2.51. The number of anilines is 2. The summed E-state index contributed by atoms with van der Waals surface area (Å²) in [6, 6.07) is 11.2. The molecular formula is C22H25N5O4S. The van der Waals surface area contributed by atoms with E-state index in [-0.39, 0.29) is 11.8 Å². The first kappa shape index (κ1) is 21.8. The van der Waals surface area contributed by atoms with Crippen molar-refractivity contribution in [2.24, 2.45) is 0 Å². The second-order valence-corrected chi connectivity index (χ2v) is 8.15. The summed E-state index contributed by atoms with van der Waals surface area (Å²) in [5.41, 5.74) is 1.21. The molecule has 0 radical (unpaired) electrons. The lowest BCUT2D eigenvalue weighted by atomic mass is 10.3. The van der Waals surface area contributed by atoms with E-state index in [4.69, 9.17) is 9.15 Å². The van der Waals surface area contributed by atoms with Crippen LogP contribution in [0.1, 0.15) is 16.2 Å². The van der Waals surface area contributed by atoms with E-state index < -0.39 is 0 Å². The number of ether oxygens (including phenoxy) is 1. The maximum Gasteiger partial charge on any atom is 0.273 e. The van der Waals surface area contributed by atoms with Gasteiger partial charge in [0.15, 0.2) is 5.13 Å². The molecule has 1 saturated heterocycles. The molecule has 2 amide bonds. The first-order valence-corrected chi connectivity index (χ1v) is 11.2. The van der Waals surface area contributed by atoms with Crippen LogP contribution in [-0.2, 0) is 11.3 Å². The van der Waals surface area contributed by atoms with Gasteiger partial charge in [-0.25, -0.2) is 4.98 Å². The Bertz CT molecular complexity index is 1040. The fraction of sp³-hybridized carbons (Fsp3) is 0.318. The van der Waals surface area contributed by atoms with Crippen molar-refractivity contribution in [2.75, 3.05) is 45.2 Å². The molecule has 4 rings (SSSR count). The summed E-state index contributed by atoms with van der Waals surface area (Å²) in [5.74, 6) is 1.26. The number of hydrogen-bond acceptors (Lipinski definition) is 8. The predicted octanol–water partition coefficient (Wildman–Crippen LogP) is 2.56. The van der Waals surface area contributed by atoms with Crippen LogP contribution in [0.25, 0.3) is 0 Å². The Morgan fingerprint density at radius 1 is 1.16 bits per heavy atom. The number of nitrogens with zero attached hydrogens (tertiary/aromatic N) is 3. The number of carbonyl (C=O) groups is 2. The molecule has 0 bridgehead atoms. The van der Waals surface area contributed by atoms with Crippen molar-refractivity contribution in [1.29, 1.82) is 0 Å². The number of hydrogen-bond donors (Lipinski definition) is 2. The maximum absolute atomic E-state index is 12.9. The van der Waals surface area contributed by atoms with Gasteiger partial charge < -0.3 is 24.7 Å². The van der Waals surface area contributed by atoms with Crippen LogP contribution < -0.4 is 15.4 Å². The smallest absolute Gasteiger partial charge is 0.273 e. The van der Waals surface area contributed by atoms with Gasteiger partial charge in [0.05, 0.1) is 32.1 Å². The number of nitrogens with one attached hydrogen (secondary N) is 2. The number of furan rings is 1. The van der Waals surface area contributed by atoms with Gasteiger partial charge in [-0.2, -0.15) is 0 Å². The molecule has 32 heavy (non-hydrogen) atoms. The number of rotatable bonds is 8. The van der Waals surface area contributed by atoms with Crippen LogP contribution in [0.2, 0.25) is 0 Å². The molecule has 2 N–H and O–H groups in total. The summed E-state index contributed by atoms with van der Waals surface area (Å²) >= 11 is 1.37. The highest BCUT2D eigenvalue weighted by atomic mass is 32.1.